The number of halogens is 1. The molecule has 0 bridgehead atoms. The molecule has 0 saturated heterocycles. The summed E-state index contributed by atoms with van der Waals surface area (Å²) in [5, 5.41) is 4.61. The summed E-state index contributed by atoms with van der Waals surface area (Å²) in [6.45, 7) is 0. The van der Waals surface area contributed by atoms with E-state index in [0.717, 1.165) is 28.4 Å². The summed E-state index contributed by atoms with van der Waals surface area (Å²) >= 11 is 7.71. The van der Waals surface area contributed by atoms with E-state index in [2.05, 4.69) is 35.6 Å². The van der Waals surface area contributed by atoms with E-state index in [1.54, 1.807) is 18.9 Å². The number of rotatable bonds is 5. The quantitative estimate of drug-likeness (QED) is 0.481. The first-order valence-electron chi connectivity index (χ1n) is 7.19. The number of aromatic nitrogens is 2. The molecule has 3 aromatic rings. The lowest BCUT2D eigenvalue weighted by Crippen LogP contribution is -1.99. The zero-order chi connectivity index (χ0) is 16.2. The fourth-order valence-electron chi connectivity index (χ4n) is 2.38. The Morgan fingerprint density at radius 2 is 1.78 bits per heavy atom. The molecule has 0 aliphatic heterocycles. The third-order valence-electron chi connectivity index (χ3n) is 3.60. The molecule has 3 rings (SSSR count). The van der Waals surface area contributed by atoms with Gasteiger partial charge in [-0.3, -0.25) is 0 Å². The molecule has 0 aliphatic rings. The Kier molecular flexibility index (Phi) is 4.94. The number of ether oxygens (including phenoxy) is 1. The van der Waals surface area contributed by atoms with Crippen LogP contribution in [-0.4, -0.2) is 23.1 Å². The normalized spacial score (nSPS) is 10.7. The SMILES string of the molecule is COc1ccc(-n2nc(CCl)cc2-c2ccc(SC)cc2)cc1. The van der Waals surface area contributed by atoms with E-state index in [0.29, 0.717) is 5.88 Å². The van der Waals surface area contributed by atoms with Gasteiger partial charge < -0.3 is 4.74 Å². The summed E-state index contributed by atoms with van der Waals surface area (Å²) < 4.78 is 7.14. The second kappa shape index (κ2) is 7.11. The maximum atomic E-state index is 5.98. The van der Waals surface area contributed by atoms with Crippen LogP contribution in [0.2, 0.25) is 0 Å². The average molecular weight is 345 g/mol. The average Bonchev–Trinajstić information content (AvgIpc) is 3.06. The summed E-state index contributed by atoms with van der Waals surface area (Å²) in [5.41, 5.74) is 3.97. The van der Waals surface area contributed by atoms with Crippen LogP contribution >= 0.6 is 23.4 Å². The van der Waals surface area contributed by atoms with Gasteiger partial charge in [0.25, 0.3) is 0 Å². The number of methoxy groups -OCH3 is 1. The molecular formula is C18H17ClN2OS. The van der Waals surface area contributed by atoms with Gasteiger partial charge in [0.2, 0.25) is 0 Å². The molecule has 1 aromatic heterocycles. The van der Waals surface area contributed by atoms with Crippen LogP contribution in [0.15, 0.2) is 59.5 Å². The standard InChI is InChI=1S/C18H17ClN2OS/c1-22-16-7-5-15(6-8-16)21-18(11-14(12-19)20-21)13-3-9-17(23-2)10-4-13/h3-11H,12H2,1-2H3. The van der Waals surface area contributed by atoms with Crippen molar-refractivity contribution in [3.05, 3.63) is 60.3 Å². The van der Waals surface area contributed by atoms with Gasteiger partial charge in [-0.1, -0.05) is 12.1 Å². The third kappa shape index (κ3) is 3.38. The Balaban J connectivity index is 2.06. The van der Waals surface area contributed by atoms with E-state index >= 15 is 0 Å². The van der Waals surface area contributed by atoms with E-state index in [1.807, 2.05) is 35.0 Å². The predicted molar refractivity (Wildman–Crippen MR) is 96.9 cm³/mol. The lowest BCUT2D eigenvalue weighted by Gasteiger charge is -2.09. The number of alkyl halides is 1. The minimum Gasteiger partial charge on any atom is -0.497 e. The molecule has 0 atom stereocenters. The van der Waals surface area contributed by atoms with Crippen LogP contribution in [-0.2, 0) is 5.88 Å². The highest BCUT2D eigenvalue weighted by Crippen LogP contribution is 2.27. The highest BCUT2D eigenvalue weighted by atomic mass is 35.5. The summed E-state index contributed by atoms with van der Waals surface area (Å²) in [6, 6.07) is 18.3. The van der Waals surface area contributed by atoms with Gasteiger partial charge >= 0.3 is 0 Å². The van der Waals surface area contributed by atoms with Gasteiger partial charge in [0.05, 0.1) is 30.1 Å². The van der Waals surface area contributed by atoms with Crippen molar-refractivity contribution in [2.45, 2.75) is 10.8 Å². The molecule has 0 radical (unpaired) electrons. The van der Waals surface area contributed by atoms with Gasteiger partial charge in [-0.05, 0) is 48.7 Å². The van der Waals surface area contributed by atoms with Crippen molar-refractivity contribution >= 4 is 23.4 Å². The van der Waals surface area contributed by atoms with Crippen LogP contribution in [0.3, 0.4) is 0 Å². The summed E-state index contributed by atoms with van der Waals surface area (Å²) in [4.78, 5) is 1.24. The van der Waals surface area contributed by atoms with Gasteiger partial charge in [-0.2, -0.15) is 5.10 Å². The zero-order valence-electron chi connectivity index (χ0n) is 13.0. The monoisotopic (exact) mass is 344 g/mol. The second-order valence-corrected chi connectivity index (χ2v) is 6.14. The van der Waals surface area contributed by atoms with Gasteiger partial charge in [0.1, 0.15) is 5.75 Å². The van der Waals surface area contributed by atoms with Crippen LogP contribution in [0.4, 0.5) is 0 Å². The highest BCUT2D eigenvalue weighted by Gasteiger charge is 2.11. The van der Waals surface area contributed by atoms with Crippen molar-refractivity contribution in [1.82, 2.24) is 9.78 Å². The van der Waals surface area contributed by atoms with E-state index < -0.39 is 0 Å². The third-order valence-corrected chi connectivity index (χ3v) is 4.62. The van der Waals surface area contributed by atoms with Crippen molar-refractivity contribution in [1.29, 1.82) is 0 Å². The van der Waals surface area contributed by atoms with Crippen molar-refractivity contribution in [3.63, 3.8) is 0 Å². The van der Waals surface area contributed by atoms with Crippen molar-refractivity contribution in [2.75, 3.05) is 13.4 Å². The smallest absolute Gasteiger partial charge is 0.119 e. The summed E-state index contributed by atoms with van der Waals surface area (Å²) in [5.74, 6) is 1.21. The van der Waals surface area contributed by atoms with Gasteiger partial charge in [0.15, 0.2) is 0 Å². The summed E-state index contributed by atoms with van der Waals surface area (Å²) in [7, 11) is 1.66. The van der Waals surface area contributed by atoms with E-state index in [4.69, 9.17) is 16.3 Å². The molecule has 0 saturated carbocycles. The number of nitrogens with zero attached hydrogens (tertiary/aromatic N) is 2. The number of thioether (sulfide) groups is 1. The lowest BCUT2D eigenvalue weighted by molar-refractivity contribution is 0.414. The van der Waals surface area contributed by atoms with Crippen molar-refractivity contribution < 1.29 is 4.74 Å². The molecule has 5 heteroatoms. The van der Waals surface area contributed by atoms with Crippen LogP contribution in [0, 0.1) is 0 Å². The molecule has 0 fully saturated rings. The molecule has 0 N–H and O–H groups in total. The first-order chi connectivity index (χ1) is 11.2. The topological polar surface area (TPSA) is 27.1 Å². The van der Waals surface area contributed by atoms with Crippen LogP contribution < -0.4 is 4.74 Å². The second-order valence-electron chi connectivity index (χ2n) is 4.99. The zero-order valence-corrected chi connectivity index (χ0v) is 14.6. The number of hydrogen-bond donors (Lipinski definition) is 0. The van der Waals surface area contributed by atoms with Crippen molar-refractivity contribution in [3.8, 4) is 22.7 Å². The van der Waals surface area contributed by atoms with Crippen molar-refractivity contribution in [2.24, 2.45) is 0 Å². The fraction of sp³-hybridized carbons (Fsp3) is 0.167. The molecule has 3 nitrogen and oxygen atoms in total. The first-order valence-corrected chi connectivity index (χ1v) is 8.95. The molecule has 0 spiro atoms. The molecule has 118 valence electrons. The van der Waals surface area contributed by atoms with Gasteiger partial charge in [-0.15, -0.1) is 23.4 Å². The molecule has 1 heterocycles. The predicted octanol–water partition coefficient (Wildman–Crippen LogP) is 5.01. The summed E-state index contributed by atoms with van der Waals surface area (Å²) in [6.07, 6.45) is 2.07. The molecule has 0 unspecified atom stereocenters. The Morgan fingerprint density at radius 1 is 1.09 bits per heavy atom. The minimum atomic E-state index is 0.388. The highest BCUT2D eigenvalue weighted by molar-refractivity contribution is 7.98. The minimum absolute atomic E-state index is 0.388. The van der Waals surface area contributed by atoms with E-state index in [-0.39, 0.29) is 0 Å². The number of hydrogen-bond acceptors (Lipinski definition) is 3. The Morgan fingerprint density at radius 3 is 2.35 bits per heavy atom. The van der Waals surface area contributed by atoms with Crippen LogP contribution in [0.25, 0.3) is 16.9 Å². The van der Waals surface area contributed by atoms with E-state index in [1.165, 1.54) is 4.90 Å². The Hall–Kier alpha value is -1.91. The maximum absolute atomic E-state index is 5.98. The molecule has 0 aliphatic carbocycles. The maximum Gasteiger partial charge on any atom is 0.119 e. The largest absolute Gasteiger partial charge is 0.497 e. The number of benzene rings is 2. The van der Waals surface area contributed by atoms with Gasteiger partial charge in [0, 0.05) is 10.5 Å². The lowest BCUT2D eigenvalue weighted by atomic mass is 10.1. The molecule has 23 heavy (non-hydrogen) atoms. The molecule has 2 aromatic carbocycles. The molecular weight excluding hydrogens is 328 g/mol. The fourth-order valence-corrected chi connectivity index (χ4v) is 2.92. The Labute approximate surface area is 145 Å². The van der Waals surface area contributed by atoms with E-state index in [9.17, 15) is 0 Å². The van der Waals surface area contributed by atoms with Crippen LogP contribution in [0.1, 0.15) is 5.69 Å². The molecule has 0 amide bonds. The Bertz CT molecular complexity index is 717. The van der Waals surface area contributed by atoms with Crippen LogP contribution in [0.5, 0.6) is 5.75 Å². The van der Waals surface area contributed by atoms with Gasteiger partial charge in [-0.25, -0.2) is 4.68 Å². The first kappa shape index (κ1) is 16.0.